The third kappa shape index (κ3) is 3.85. The maximum Gasteiger partial charge on any atom is 0.446 e. The molecular formula is C16H18F3NO3S. The predicted octanol–water partition coefficient (Wildman–Crippen LogP) is 3.87. The second-order valence-corrected chi connectivity index (χ2v) is 7.30. The molecule has 1 aromatic rings. The Morgan fingerprint density at radius 2 is 1.83 bits per heavy atom. The summed E-state index contributed by atoms with van der Waals surface area (Å²) in [5, 5.41) is 9.50. The number of nitrogens with zero attached hydrogens (tertiary/aromatic N) is 1. The Kier molecular flexibility index (Phi) is 5.17. The lowest BCUT2D eigenvalue weighted by molar-refractivity contribution is -0.150. The molecule has 0 radical (unpaired) electrons. The summed E-state index contributed by atoms with van der Waals surface area (Å²) in [5.41, 5.74) is -5.09. The number of amides is 1. The molecule has 1 unspecified atom stereocenters. The second kappa shape index (κ2) is 6.66. The van der Waals surface area contributed by atoms with E-state index in [1.807, 2.05) is 13.8 Å². The summed E-state index contributed by atoms with van der Waals surface area (Å²) in [6.07, 6.45) is 0.369. The van der Waals surface area contributed by atoms with Gasteiger partial charge in [-0.1, -0.05) is 13.8 Å². The van der Waals surface area contributed by atoms with Crippen molar-refractivity contribution in [3.8, 4) is 0 Å². The number of alkyl halides is 3. The van der Waals surface area contributed by atoms with E-state index in [2.05, 4.69) is 0 Å². The zero-order valence-electron chi connectivity index (χ0n) is 13.3. The lowest BCUT2D eigenvalue weighted by Gasteiger charge is -2.28. The van der Waals surface area contributed by atoms with Crippen LogP contribution in [0.5, 0.6) is 0 Å². The van der Waals surface area contributed by atoms with Crippen molar-refractivity contribution in [2.75, 3.05) is 13.1 Å². The minimum atomic E-state index is -4.38. The first kappa shape index (κ1) is 18.6. The summed E-state index contributed by atoms with van der Waals surface area (Å²) in [6.45, 7) is 4.05. The van der Waals surface area contributed by atoms with Gasteiger partial charge in [0.05, 0.1) is 5.41 Å². The van der Waals surface area contributed by atoms with E-state index in [4.69, 9.17) is 0 Å². The van der Waals surface area contributed by atoms with Gasteiger partial charge in [0.2, 0.25) is 0 Å². The van der Waals surface area contributed by atoms with Crippen LogP contribution in [0.25, 0.3) is 0 Å². The van der Waals surface area contributed by atoms with Crippen LogP contribution in [0.2, 0.25) is 0 Å². The van der Waals surface area contributed by atoms with Crippen molar-refractivity contribution in [3.63, 3.8) is 0 Å². The number of carboxylic acid groups (broad SMARTS) is 1. The van der Waals surface area contributed by atoms with Gasteiger partial charge < -0.3 is 10.0 Å². The lowest BCUT2D eigenvalue weighted by Crippen LogP contribution is -2.40. The Balaban J connectivity index is 2.11. The zero-order valence-corrected chi connectivity index (χ0v) is 14.1. The van der Waals surface area contributed by atoms with Crippen LogP contribution in [0.4, 0.5) is 13.2 Å². The Morgan fingerprint density at radius 3 is 2.25 bits per heavy atom. The van der Waals surface area contributed by atoms with Gasteiger partial charge in [-0.15, -0.1) is 0 Å². The van der Waals surface area contributed by atoms with Crippen molar-refractivity contribution < 1.29 is 27.9 Å². The average molecular weight is 361 g/mol. The van der Waals surface area contributed by atoms with Crippen LogP contribution in [0, 0.1) is 11.3 Å². The minimum Gasteiger partial charge on any atom is -0.481 e. The summed E-state index contributed by atoms with van der Waals surface area (Å²) >= 11 is -0.242. The van der Waals surface area contributed by atoms with Gasteiger partial charge >= 0.3 is 11.5 Å². The van der Waals surface area contributed by atoms with Crippen LogP contribution in [0.3, 0.4) is 0 Å². The van der Waals surface area contributed by atoms with Gasteiger partial charge in [0.25, 0.3) is 5.91 Å². The van der Waals surface area contributed by atoms with Crippen LogP contribution in [-0.4, -0.2) is 40.5 Å². The lowest BCUT2D eigenvalue weighted by atomic mass is 9.76. The van der Waals surface area contributed by atoms with E-state index in [-0.39, 0.29) is 40.6 Å². The Bertz CT molecular complexity index is 630. The molecule has 0 bridgehead atoms. The number of carbonyl (C=O) groups excluding carboxylic acids is 1. The normalized spacial score (nSPS) is 21.3. The smallest absolute Gasteiger partial charge is 0.446 e. The highest BCUT2D eigenvalue weighted by Gasteiger charge is 2.48. The minimum absolute atomic E-state index is 0.00235. The van der Waals surface area contributed by atoms with Crippen molar-refractivity contribution >= 4 is 23.6 Å². The number of halogens is 3. The zero-order chi connectivity index (χ0) is 18.1. The molecular weight excluding hydrogens is 343 g/mol. The SMILES string of the molecule is CC(C)C1(C(=O)O)CCN(C(=O)c2ccc(SC(F)(F)F)cc2)C1. The third-order valence-corrected chi connectivity index (χ3v) is 5.19. The quantitative estimate of drug-likeness (QED) is 0.827. The maximum absolute atomic E-state index is 12.5. The Morgan fingerprint density at radius 1 is 1.25 bits per heavy atom. The van der Waals surface area contributed by atoms with E-state index in [1.165, 1.54) is 29.2 Å². The van der Waals surface area contributed by atoms with Crippen LogP contribution < -0.4 is 0 Å². The van der Waals surface area contributed by atoms with Crippen molar-refractivity contribution in [2.45, 2.75) is 30.7 Å². The van der Waals surface area contributed by atoms with Gasteiger partial charge in [-0.25, -0.2) is 0 Å². The predicted molar refractivity (Wildman–Crippen MR) is 83.8 cm³/mol. The molecule has 1 aromatic carbocycles. The van der Waals surface area contributed by atoms with Gasteiger partial charge in [-0.2, -0.15) is 13.2 Å². The summed E-state index contributed by atoms with van der Waals surface area (Å²) in [6, 6.07) is 5.17. The highest BCUT2D eigenvalue weighted by atomic mass is 32.2. The van der Waals surface area contributed by atoms with E-state index in [0.717, 1.165) is 0 Å². The Labute approximate surface area is 142 Å². The van der Waals surface area contributed by atoms with E-state index < -0.39 is 16.9 Å². The topological polar surface area (TPSA) is 57.6 Å². The van der Waals surface area contributed by atoms with Gasteiger partial charge in [0, 0.05) is 23.5 Å². The standard InChI is InChI=1S/C16H18F3NO3S/c1-10(2)15(14(22)23)7-8-20(9-15)13(21)11-3-5-12(6-4-11)24-16(17,18)19/h3-6,10H,7-9H2,1-2H3,(H,22,23). The van der Waals surface area contributed by atoms with Crippen molar-refractivity contribution in [3.05, 3.63) is 29.8 Å². The molecule has 1 fully saturated rings. The van der Waals surface area contributed by atoms with Gasteiger partial charge in [-0.05, 0) is 48.4 Å². The molecule has 0 saturated carbocycles. The molecule has 0 aliphatic carbocycles. The molecule has 1 saturated heterocycles. The molecule has 1 atom stereocenters. The summed E-state index contributed by atoms with van der Waals surface area (Å²) in [5.74, 6) is -1.41. The highest BCUT2D eigenvalue weighted by molar-refractivity contribution is 8.00. The van der Waals surface area contributed by atoms with Crippen LogP contribution in [0.1, 0.15) is 30.6 Å². The van der Waals surface area contributed by atoms with Crippen LogP contribution in [-0.2, 0) is 4.79 Å². The van der Waals surface area contributed by atoms with Crippen molar-refractivity contribution in [2.24, 2.45) is 11.3 Å². The van der Waals surface area contributed by atoms with E-state index in [0.29, 0.717) is 13.0 Å². The van der Waals surface area contributed by atoms with Gasteiger partial charge in [0.15, 0.2) is 0 Å². The number of hydrogen-bond acceptors (Lipinski definition) is 3. The van der Waals surface area contributed by atoms with Gasteiger partial charge in [-0.3, -0.25) is 9.59 Å². The second-order valence-electron chi connectivity index (χ2n) is 6.16. The number of benzene rings is 1. The van der Waals surface area contributed by atoms with Crippen LogP contribution >= 0.6 is 11.8 Å². The number of rotatable bonds is 4. The first-order valence-electron chi connectivity index (χ1n) is 7.43. The highest BCUT2D eigenvalue weighted by Crippen LogP contribution is 2.39. The number of aliphatic carboxylic acids is 1. The molecule has 1 N–H and O–H groups in total. The number of likely N-dealkylation sites (tertiary alicyclic amines) is 1. The van der Waals surface area contributed by atoms with E-state index >= 15 is 0 Å². The molecule has 0 spiro atoms. The largest absolute Gasteiger partial charge is 0.481 e. The number of carboxylic acids is 1. The molecule has 1 aliphatic heterocycles. The average Bonchev–Trinajstić information content (AvgIpc) is 2.92. The molecule has 1 heterocycles. The molecule has 2 rings (SSSR count). The molecule has 24 heavy (non-hydrogen) atoms. The van der Waals surface area contributed by atoms with Crippen LogP contribution in [0.15, 0.2) is 29.2 Å². The Hall–Kier alpha value is -1.70. The molecule has 1 aliphatic rings. The molecule has 1 amide bonds. The molecule has 0 aromatic heterocycles. The summed E-state index contributed by atoms with van der Waals surface area (Å²) < 4.78 is 36.9. The fourth-order valence-corrected chi connectivity index (χ4v) is 3.42. The maximum atomic E-state index is 12.5. The van der Waals surface area contributed by atoms with E-state index in [9.17, 15) is 27.9 Å². The number of hydrogen-bond donors (Lipinski definition) is 1. The molecule has 4 nitrogen and oxygen atoms in total. The van der Waals surface area contributed by atoms with Gasteiger partial charge in [0.1, 0.15) is 0 Å². The first-order valence-corrected chi connectivity index (χ1v) is 8.25. The van der Waals surface area contributed by atoms with Crippen molar-refractivity contribution in [1.82, 2.24) is 4.90 Å². The fraction of sp³-hybridized carbons (Fsp3) is 0.500. The fourth-order valence-electron chi connectivity index (χ4n) is 2.88. The summed E-state index contributed by atoms with van der Waals surface area (Å²) in [7, 11) is 0. The first-order chi connectivity index (χ1) is 11.0. The summed E-state index contributed by atoms with van der Waals surface area (Å²) in [4.78, 5) is 25.5. The van der Waals surface area contributed by atoms with Crippen molar-refractivity contribution in [1.29, 1.82) is 0 Å². The molecule has 8 heteroatoms. The van der Waals surface area contributed by atoms with E-state index in [1.54, 1.807) is 0 Å². The number of carbonyl (C=O) groups is 2. The monoisotopic (exact) mass is 361 g/mol. The molecule has 132 valence electrons. The third-order valence-electron chi connectivity index (χ3n) is 4.45. The number of thioether (sulfide) groups is 1.